The zero-order valence-electron chi connectivity index (χ0n) is 10.8. The normalized spacial score (nSPS) is 17.1. The molecular formula is C14H18N2O2. The van der Waals surface area contributed by atoms with E-state index in [9.17, 15) is 4.79 Å². The third kappa shape index (κ3) is 1.67. The van der Waals surface area contributed by atoms with Crippen molar-refractivity contribution in [1.29, 1.82) is 0 Å². The largest absolute Gasteiger partial charge is 0.435 e. The summed E-state index contributed by atoms with van der Waals surface area (Å²) >= 11 is 0. The van der Waals surface area contributed by atoms with Crippen molar-refractivity contribution in [2.24, 2.45) is 0 Å². The van der Waals surface area contributed by atoms with Gasteiger partial charge in [0.25, 0.3) is 0 Å². The number of hydrogen-bond donors (Lipinski definition) is 0. The second-order valence-electron chi connectivity index (χ2n) is 5.37. The van der Waals surface area contributed by atoms with Gasteiger partial charge in [0.05, 0.1) is 0 Å². The summed E-state index contributed by atoms with van der Waals surface area (Å²) < 4.78 is 7.73. The molecular weight excluding hydrogens is 228 g/mol. The number of imidazole rings is 1. The monoisotopic (exact) mass is 246 g/mol. The molecule has 0 saturated heterocycles. The lowest BCUT2D eigenvalue weighted by Crippen LogP contribution is -2.09. The molecule has 3 rings (SSSR count). The van der Waals surface area contributed by atoms with Gasteiger partial charge in [-0.2, -0.15) is 0 Å². The predicted octanol–water partition coefficient (Wildman–Crippen LogP) is 3.68. The summed E-state index contributed by atoms with van der Waals surface area (Å²) in [5.41, 5.74) is 1.56. The van der Waals surface area contributed by atoms with Crippen LogP contribution < -0.4 is 0 Å². The van der Waals surface area contributed by atoms with Crippen molar-refractivity contribution in [3.63, 3.8) is 0 Å². The van der Waals surface area contributed by atoms with E-state index in [0.29, 0.717) is 17.7 Å². The van der Waals surface area contributed by atoms with Crippen LogP contribution in [0.4, 0.5) is 0 Å². The molecule has 1 saturated carbocycles. The number of aldehydes is 1. The molecule has 1 aliphatic rings. The Balaban J connectivity index is 2.15. The molecule has 0 spiro atoms. The van der Waals surface area contributed by atoms with Crippen LogP contribution in [0.1, 0.15) is 67.9 Å². The van der Waals surface area contributed by atoms with E-state index in [-0.39, 0.29) is 0 Å². The fourth-order valence-electron chi connectivity index (χ4n) is 2.95. The van der Waals surface area contributed by atoms with Crippen molar-refractivity contribution in [3.05, 3.63) is 17.7 Å². The van der Waals surface area contributed by atoms with Gasteiger partial charge < -0.3 is 4.42 Å². The maximum absolute atomic E-state index is 10.8. The van der Waals surface area contributed by atoms with Crippen molar-refractivity contribution in [2.45, 2.75) is 51.5 Å². The number of nitrogens with zero attached hydrogens (tertiary/aromatic N) is 2. The summed E-state index contributed by atoms with van der Waals surface area (Å²) in [7, 11) is 0. The van der Waals surface area contributed by atoms with Gasteiger partial charge in [-0.05, 0) is 26.7 Å². The summed E-state index contributed by atoms with van der Waals surface area (Å²) in [6.07, 6.45) is 5.74. The first-order valence-corrected chi connectivity index (χ1v) is 6.67. The summed E-state index contributed by atoms with van der Waals surface area (Å²) in [4.78, 5) is 15.5. The molecule has 0 radical (unpaired) electrons. The Morgan fingerprint density at radius 3 is 2.78 bits per heavy atom. The zero-order chi connectivity index (χ0) is 12.7. The van der Waals surface area contributed by atoms with Crippen LogP contribution in [0.5, 0.6) is 0 Å². The van der Waals surface area contributed by atoms with E-state index in [1.165, 1.54) is 25.7 Å². The average Bonchev–Trinajstić information content (AvgIpc) is 3.02. The van der Waals surface area contributed by atoms with Crippen molar-refractivity contribution in [1.82, 2.24) is 9.55 Å². The highest BCUT2D eigenvalue weighted by Gasteiger charge is 2.26. The first-order valence-electron chi connectivity index (χ1n) is 6.67. The van der Waals surface area contributed by atoms with E-state index in [4.69, 9.17) is 9.40 Å². The van der Waals surface area contributed by atoms with E-state index >= 15 is 0 Å². The molecule has 0 atom stereocenters. The smallest absolute Gasteiger partial charge is 0.227 e. The lowest BCUT2D eigenvalue weighted by atomic mass is 10.1. The second kappa shape index (κ2) is 4.26. The van der Waals surface area contributed by atoms with Crippen LogP contribution in [0.25, 0.3) is 11.2 Å². The number of carbonyl (C=O) groups is 1. The van der Waals surface area contributed by atoms with Gasteiger partial charge in [-0.3, -0.25) is 9.36 Å². The third-order valence-electron chi connectivity index (χ3n) is 3.77. The molecule has 4 nitrogen and oxygen atoms in total. The highest BCUT2D eigenvalue weighted by molar-refractivity contribution is 5.81. The Kier molecular flexibility index (Phi) is 2.73. The Morgan fingerprint density at radius 2 is 2.17 bits per heavy atom. The molecule has 2 heterocycles. The quantitative estimate of drug-likeness (QED) is 0.776. The molecule has 4 heteroatoms. The number of hydrogen-bond acceptors (Lipinski definition) is 3. The molecule has 96 valence electrons. The first-order chi connectivity index (χ1) is 8.70. The van der Waals surface area contributed by atoms with Gasteiger partial charge in [0, 0.05) is 18.0 Å². The van der Waals surface area contributed by atoms with Gasteiger partial charge in [0.15, 0.2) is 12.0 Å². The van der Waals surface area contributed by atoms with E-state index in [1.807, 2.05) is 0 Å². The van der Waals surface area contributed by atoms with Gasteiger partial charge >= 0.3 is 0 Å². The molecule has 18 heavy (non-hydrogen) atoms. The number of carbonyl (C=O) groups excluding carboxylic acids is 1. The number of aromatic nitrogens is 2. The van der Waals surface area contributed by atoms with E-state index < -0.39 is 0 Å². The standard InChI is InChI=1S/C14H18N2O2/c1-9(2)16-13(10-5-3-4-6-10)15-12-7-11(8-17)18-14(12)16/h7-10H,3-6H2,1-2H3. The number of fused-ring (bicyclic) bond motifs is 1. The minimum absolute atomic E-state index is 0.302. The molecule has 2 aromatic rings. The molecule has 0 aromatic carbocycles. The molecule has 0 aliphatic heterocycles. The Labute approximate surface area is 106 Å². The van der Waals surface area contributed by atoms with Crippen molar-refractivity contribution >= 4 is 17.5 Å². The molecule has 0 bridgehead atoms. The van der Waals surface area contributed by atoms with Crippen LogP contribution in [-0.4, -0.2) is 15.8 Å². The van der Waals surface area contributed by atoms with Crippen LogP contribution in [0.15, 0.2) is 10.5 Å². The number of rotatable bonds is 3. The number of furan rings is 1. The fraction of sp³-hybridized carbons (Fsp3) is 0.571. The minimum atomic E-state index is 0.302. The van der Waals surface area contributed by atoms with E-state index in [1.54, 1.807) is 6.07 Å². The average molecular weight is 246 g/mol. The predicted molar refractivity (Wildman–Crippen MR) is 69.0 cm³/mol. The maximum atomic E-state index is 10.8. The SMILES string of the molecule is CC(C)n1c(C2CCCC2)nc2cc(C=O)oc21. The van der Waals surface area contributed by atoms with Gasteiger partial charge in [-0.25, -0.2) is 4.98 Å². The van der Waals surface area contributed by atoms with Crippen molar-refractivity contribution < 1.29 is 9.21 Å². The van der Waals surface area contributed by atoms with Gasteiger partial charge in [0.1, 0.15) is 11.3 Å². The van der Waals surface area contributed by atoms with Gasteiger partial charge in [-0.15, -0.1) is 0 Å². The molecule has 2 aromatic heterocycles. The lowest BCUT2D eigenvalue weighted by Gasteiger charge is -2.15. The first kappa shape index (κ1) is 11.5. The molecule has 0 amide bonds. The van der Waals surface area contributed by atoms with Crippen LogP contribution in [0.3, 0.4) is 0 Å². The van der Waals surface area contributed by atoms with Crippen LogP contribution >= 0.6 is 0 Å². The fourth-order valence-corrected chi connectivity index (χ4v) is 2.95. The zero-order valence-corrected chi connectivity index (χ0v) is 10.8. The molecule has 0 N–H and O–H groups in total. The third-order valence-corrected chi connectivity index (χ3v) is 3.77. The van der Waals surface area contributed by atoms with Gasteiger partial charge in [0.2, 0.25) is 5.71 Å². The molecule has 0 unspecified atom stereocenters. The lowest BCUT2D eigenvalue weighted by molar-refractivity contribution is 0.110. The Hall–Kier alpha value is -1.58. The van der Waals surface area contributed by atoms with Crippen LogP contribution in [0, 0.1) is 0 Å². The van der Waals surface area contributed by atoms with E-state index in [2.05, 4.69) is 18.4 Å². The minimum Gasteiger partial charge on any atom is -0.435 e. The summed E-state index contributed by atoms with van der Waals surface area (Å²) in [6.45, 7) is 4.26. The molecule has 1 aliphatic carbocycles. The second-order valence-corrected chi connectivity index (χ2v) is 5.37. The van der Waals surface area contributed by atoms with E-state index in [0.717, 1.165) is 23.3 Å². The highest BCUT2D eigenvalue weighted by atomic mass is 16.4. The Morgan fingerprint density at radius 1 is 1.44 bits per heavy atom. The topological polar surface area (TPSA) is 48.0 Å². The summed E-state index contributed by atoms with van der Waals surface area (Å²) in [6, 6.07) is 2.04. The maximum Gasteiger partial charge on any atom is 0.227 e. The van der Waals surface area contributed by atoms with Crippen molar-refractivity contribution in [2.75, 3.05) is 0 Å². The summed E-state index contributed by atoms with van der Waals surface area (Å²) in [5, 5.41) is 0. The highest BCUT2D eigenvalue weighted by Crippen LogP contribution is 2.37. The van der Waals surface area contributed by atoms with Crippen LogP contribution in [-0.2, 0) is 0 Å². The summed E-state index contributed by atoms with van der Waals surface area (Å²) in [5.74, 6) is 2.04. The van der Waals surface area contributed by atoms with Gasteiger partial charge in [-0.1, -0.05) is 12.8 Å². The molecule has 1 fully saturated rings. The van der Waals surface area contributed by atoms with Crippen molar-refractivity contribution in [3.8, 4) is 0 Å². The Bertz CT molecular complexity index is 574. The van der Waals surface area contributed by atoms with Crippen LogP contribution in [0.2, 0.25) is 0 Å².